The number of aromatic hydroxyl groups is 1. The summed E-state index contributed by atoms with van der Waals surface area (Å²) < 4.78 is 0. The van der Waals surface area contributed by atoms with Crippen molar-refractivity contribution >= 4 is 23.2 Å². The number of phenols is 1. The van der Waals surface area contributed by atoms with Crippen molar-refractivity contribution in [2.24, 2.45) is 5.73 Å². The number of hydrogen-bond acceptors (Lipinski definition) is 4. The van der Waals surface area contributed by atoms with Gasteiger partial charge >= 0.3 is 0 Å². The molecule has 0 saturated carbocycles. The molecular weight excluding hydrogens is 278 g/mol. The minimum absolute atomic E-state index is 0.0744. The Balaban J connectivity index is 2.84. The van der Waals surface area contributed by atoms with Gasteiger partial charge in [-0.15, -0.1) is 0 Å². The maximum Gasteiger partial charge on any atom is 0.269 e. The van der Waals surface area contributed by atoms with Crippen molar-refractivity contribution < 1.29 is 9.90 Å². The van der Waals surface area contributed by atoms with Crippen molar-refractivity contribution in [3.8, 4) is 16.9 Å². The summed E-state index contributed by atoms with van der Waals surface area (Å²) in [6.07, 6.45) is 0. The van der Waals surface area contributed by atoms with Crippen LogP contribution in [0.1, 0.15) is 21.6 Å². The van der Waals surface area contributed by atoms with Gasteiger partial charge in [0.15, 0.2) is 5.69 Å². The molecule has 2 aromatic rings. The summed E-state index contributed by atoms with van der Waals surface area (Å²) in [7, 11) is 0. The number of rotatable bonds is 2. The number of hydrogen-bond donors (Lipinski definition) is 3. The number of benzene rings is 1. The van der Waals surface area contributed by atoms with E-state index in [1.165, 1.54) is 0 Å². The van der Waals surface area contributed by atoms with Gasteiger partial charge in [0.05, 0.1) is 5.69 Å². The van der Waals surface area contributed by atoms with Crippen LogP contribution in [0.4, 0.5) is 5.69 Å². The third kappa shape index (κ3) is 2.28. The van der Waals surface area contributed by atoms with E-state index in [4.69, 9.17) is 23.1 Å². The topological polar surface area (TPSA) is 102 Å². The van der Waals surface area contributed by atoms with Crippen LogP contribution in [0, 0.1) is 13.8 Å². The largest absolute Gasteiger partial charge is 0.508 e. The highest BCUT2D eigenvalue weighted by atomic mass is 35.5. The molecule has 0 fully saturated rings. The molecule has 5 nitrogen and oxygen atoms in total. The third-order valence-electron chi connectivity index (χ3n) is 3.17. The molecule has 1 amide bonds. The van der Waals surface area contributed by atoms with Crippen molar-refractivity contribution in [3.63, 3.8) is 0 Å². The molecule has 5 N–H and O–H groups in total. The maximum atomic E-state index is 11.4. The van der Waals surface area contributed by atoms with Crippen molar-refractivity contribution in [2.75, 3.05) is 5.73 Å². The lowest BCUT2D eigenvalue weighted by molar-refractivity contribution is 0.0996. The van der Waals surface area contributed by atoms with Crippen LogP contribution in [0.5, 0.6) is 5.75 Å². The fraction of sp³-hybridized carbons (Fsp3) is 0.143. The molecule has 1 heterocycles. The Labute approximate surface area is 121 Å². The summed E-state index contributed by atoms with van der Waals surface area (Å²) in [5, 5.41) is 9.96. The van der Waals surface area contributed by atoms with Gasteiger partial charge in [0.1, 0.15) is 10.9 Å². The Bertz CT molecular complexity index is 714. The molecule has 104 valence electrons. The Morgan fingerprint density at radius 3 is 2.60 bits per heavy atom. The monoisotopic (exact) mass is 291 g/mol. The summed E-state index contributed by atoms with van der Waals surface area (Å²) in [4.78, 5) is 15.2. The van der Waals surface area contributed by atoms with Crippen molar-refractivity contribution in [1.29, 1.82) is 0 Å². The minimum Gasteiger partial charge on any atom is -0.508 e. The highest BCUT2D eigenvalue weighted by molar-refractivity contribution is 6.30. The Morgan fingerprint density at radius 1 is 1.35 bits per heavy atom. The number of pyridine rings is 1. The number of nitrogens with two attached hydrogens (primary N) is 2. The summed E-state index contributed by atoms with van der Waals surface area (Å²) in [5.41, 5.74) is 14.1. The molecule has 1 aromatic carbocycles. The average molecular weight is 292 g/mol. The van der Waals surface area contributed by atoms with Crippen LogP contribution in [0.25, 0.3) is 11.1 Å². The van der Waals surface area contributed by atoms with E-state index in [2.05, 4.69) is 4.98 Å². The highest BCUT2D eigenvalue weighted by Crippen LogP contribution is 2.37. The molecule has 0 aliphatic rings. The number of nitrogens with zero attached hydrogens (tertiary/aromatic N) is 1. The van der Waals surface area contributed by atoms with E-state index in [9.17, 15) is 9.90 Å². The number of amides is 1. The van der Waals surface area contributed by atoms with Gasteiger partial charge in [-0.3, -0.25) is 4.79 Å². The molecule has 20 heavy (non-hydrogen) atoms. The summed E-state index contributed by atoms with van der Waals surface area (Å²) in [5.74, 6) is -0.611. The smallest absolute Gasteiger partial charge is 0.269 e. The van der Waals surface area contributed by atoms with Crippen LogP contribution in [-0.4, -0.2) is 16.0 Å². The van der Waals surface area contributed by atoms with Gasteiger partial charge in [-0.05, 0) is 42.7 Å². The van der Waals surface area contributed by atoms with Gasteiger partial charge in [-0.2, -0.15) is 0 Å². The first-order valence-corrected chi connectivity index (χ1v) is 6.26. The van der Waals surface area contributed by atoms with Gasteiger partial charge in [-0.1, -0.05) is 17.7 Å². The fourth-order valence-corrected chi connectivity index (χ4v) is 2.36. The average Bonchev–Trinajstić information content (AvgIpc) is 2.37. The first-order valence-electron chi connectivity index (χ1n) is 5.88. The fourth-order valence-electron chi connectivity index (χ4n) is 2.17. The first kappa shape index (κ1) is 14.1. The number of carbonyl (C=O) groups excluding carboxylic acids is 1. The predicted octanol–water partition coefficient (Wildman–Crippen LogP) is 2.41. The van der Waals surface area contributed by atoms with Crippen molar-refractivity contribution in [1.82, 2.24) is 4.98 Å². The number of nitrogen functional groups attached to an aromatic ring is 1. The Hall–Kier alpha value is -2.27. The van der Waals surface area contributed by atoms with Crippen LogP contribution in [0.2, 0.25) is 5.15 Å². The van der Waals surface area contributed by atoms with E-state index in [1.807, 2.05) is 6.92 Å². The number of anilines is 1. The van der Waals surface area contributed by atoms with E-state index >= 15 is 0 Å². The van der Waals surface area contributed by atoms with Gasteiger partial charge in [0.2, 0.25) is 0 Å². The van der Waals surface area contributed by atoms with Crippen molar-refractivity contribution in [3.05, 3.63) is 40.2 Å². The number of aryl methyl sites for hydroxylation is 1. The summed E-state index contributed by atoms with van der Waals surface area (Å²) >= 11 is 5.92. The molecule has 6 heteroatoms. The lowest BCUT2D eigenvalue weighted by atomic mass is 9.94. The summed E-state index contributed by atoms with van der Waals surface area (Å²) in [6, 6.07) is 4.91. The lowest BCUT2D eigenvalue weighted by Crippen LogP contribution is -2.16. The van der Waals surface area contributed by atoms with E-state index in [1.54, 1.807) is 25.1 Å². The number of phenolic OH excluding ortho intramolecular Hbond substituents is 1. The minimum atomic E-state index is -0.748. The highest BCUT2D eigenvalue weighted by Gasteiger charge is 2.18. The normalized spacial score (nSPS) is 10.6. The molecule has 0 radical (unpaired) electrons. The number of halogens is 1. The molecule has 0 unspecified atom stereocenters. The second-order valence-corrected chi connectivity index (χ2v) is 4.91. The molecule has 0 saturated heterocycles. The standard InChI is InChI=1S/C14H14ClN3O2/c1-6-3-4-9(19)7(2)11(6)8-5-10(15)18-13(12(8)16)14(17)20/h3-5,19H,16H2,1-2H3,(H2,17,20). The molecule has 0 aliphatic carbocycles. The second-order valence-electron chi connectivity index (χ2n) is 4.52. The van der Waals surface area contributed by atoms with Crippen LogP contribution in [0.3, 0.4) is 0 Å². The number of primary amides is 1. The van der Waals surface area contributed by atoms with Gasteiger partial charge in [0, 0.05) is 5.56 Å². The molecule has 0 aliphatic heterocycles. The first-order chi connectivity index (χ1) is 9.32. The maximum absolute atomic E-state index is 11.4. The zero-order valence-electron chi connectivity index (χ0n) is 11.1. The van der Waals surface area contributed by atoms with Crippen LogP contribution >= 0.6 is 11.6 Å². The lowest BCUT2D eigenvalue weighted by Gasteiger charge is -2.15. The SMILES string of the molecule is Cc1ccc(O)c(C)c1-c1cc(Cl)nc(C(N)=O)c1N. The Kier molecular flexibility index (Phi) is 3.55. The zero-order valence-corrected chi connectivity index (χ0v) is 11.8. The quantitative estimate of drug-likeness (QED) is 0.739. The molecule has 0 spiro atoms. The van der Waals surface area contributed by atoms with E-state index < -0.39 is 5.91 Å². The van der Waals surface area contributed by atoms with Crippen LogP contribution in [-0.2, 0) is 0 Å². The molecule has 2 rings (SSSR count). The van der Waals surface area contributed by atoms with E-state index in [0.29, 0.717) is 16.7 Å². The molecule has 0 bridgehead atoms. The third-order valence-corrected chi connectivity index (χ3v) is 3.37. The summed E-state index contributed by atoms with van der Waals surface area (Å²) in [6.45, 7) is 3.63. The number of carbonyl (C=O) groups is 1. The van der Waals surface area contributed by atoms with Crippen LogP contribution < -0.4 is 11.5 Å². The van der Waals surface area contributed by atoms with Crippen LogP contribution in [0.15, 0.2) is 18.2 Å². The van der Waals surface area contributed by atoms with Gasteiger partial charge in [-0.25, -0.2) is 4.98 Å². The van der Waals surface area contributed by atoms with E-state index in [0.717, 1.165) is 5.56 Å². The zero-order chi connectivity index (χ0) is 15.0. The molecular formula is C14H14ClN3O2. The van der Waals surface area contributed by atoms with Gasteiger partial charge in [0.25, 0.3) is 5.91 Å². The van der Waals surface area contributed by atoms with Crippen molar-refractivity contribution in [2.45, 2.75) is 13.8 Å². The number of aromatic nitrogens is 1. The molecule has 1 aromatic heterocycles. The Morgan fingerprint density at radius 2 is 2.00 bits per heavy atom. The second kappa shape index (κ2) is 5.02. The molecule has 0 atom stereocenters. The van der Waals surface area contributed by atoms with Gasteiger partial charge < -0.3 is 16.6 Å². The van der Waals surface area contributed by atoms with E-state index in [-0.39, 0.29) is 22.3 Å². The predicted molar refractivity (Wildman–Crippen MR) is 78.8 cm³/mol.